The van der Waals surface area contributed by atoms with Gasteiger partial charge in [0.15, 0.2) is 0 Å². The van der Waals surface area contributed by atoms with E-state index in [4.69, 9.17) is 0 Å². The van der Waals surface area contributed by atoms with Crippen molar-refractivity contribution < 1.29 is 13.2 Å². The molecule has 0 unspecified atom stereocenters. The molecule has 1 heterocycles. The number of carbonyl (C=O) groups is 1. The summed E-state index contributed by atoms with van der Waals surface area (Å²) in [5.74, 6) is -0.858. The van der Waals surface area contributed by atoms with Crippen molar-refractivity contribution in [3.8, 4) is 0 Å². The zero-order valence-corrected chi connectivity index (χ0v) is 12.5. The molecule has 0 saturated heterocycles. The van der Waals surface area contributed by atoms with Gasteiger partial charge in [-0.2, -0.15) is 8.42 Å². The number of hydrogen-bond acceptors (Lipinski definition) is 4. The van der Waals surface area contributed by atoms with Crippen LogP contribution in [0.1, 0.15) is 5.56 Å². The van der Waals surface area contributed by atoms with Crippen LogP contribution in [-0.2, 0) is 14.8 Å². The van der Waals surface area contributed by atoms with Crippen molar-refractivity contribution in [1.82, 2.24) is 0 Å². The summed E-state index contributed by atoms with van der Waals surface area (Å²) in [5, 5.41) is 5.37. The zero-order valence-electron chi connectivity index (χ0n) is 11.7. The third-order valence-electron chi connectivity index (χ3n) is 3.12. The smallest absolute Gasteiger partial charge is 0.292 e. The van der Waals surface area contributed by atoms with Crippen LogP contribution in [0.4, 0.5) is 11.4 Å². The van der Waals surface area contributed by atoms with E-state index in [0.29, 0.717) is 11.4 Å². The van der Waals surface area contributed by atoms with Crippen LogP contribution in [0.15, 0.2) is 57.8 Å². The summed E-state index contributed by atoms with van der Waals surface area (Å²) in [6, 6.07) is 13.5. The highest BCUT2D eigenvalue weighted by atomic mass is 32.2. The lowest BCUT2D eigenvalue weighted by atomic mass is 10.2. The van der Waals surface area contributed by atoms with E-state index in [2.05, 4.69) is 15.0 Å². The summed E-state index contributed by atoms with van der Waals surface area (Å²) in [5.41, 5.74) is 1.90. The Bertz CT molecular complexity index is 888. The van der Waals surface area contributed by atoms with Crippen LogP contribution in [0, 0.1) is 6.92 Å². The molecule has 22 heavy (non-hydrogen) atoms. The number of nitrogens with zero attached hydrogens (tertiary/aromatic N) is 1. The van der Waals surface area contributed by atoms with E-state index in [1.165, 1.54) is 6.07 Å². The van der Waals surface area contributed by atoms with E-state index < -0.39 is 15.9 Å². The van der Waals surface area contributed by atoms with E-state index in [1.54, 1.807) is 36.4 Å². The molecule has 0 fully saturated rings. The lowest BCUT2D eigenvalue weighted by Gasteiger charge is -2.17. The second kappa shape index (κ2) is 5.27. The first-order valence-corrected chi connectivity index (χ1v) is 7.99. The normalized spacial score (nSPS) is 15.2. The summed E-state index contributed by atoms with van der Waals surface area (Å²) in [4.78, 5) is 12.3. The maximum atomic E-state index is 12.2. The molecule has 0 spiro atoms. The van der Waals surface area contributed by atoms with Gasteiger partial charge in [0.25, 0.3) is 15.9 Å². The first-order valence-electron chi connectivity index (χ1n) is 6.55. The van der Waals surface area contributed by atoms with Crippen molar-refractivity contribution in [3.63, 3.8) is 0 Å². The fourth-order valence-corrected chi connectivity index (χ4v) is 3.24. The Labute approximate surface area is 127 Å². The Morgan fingerprint density at radius 1 is 1.14 bits per heavy atom. The number of hydrogen-bond donors (Lipinski definition) is 2. The Balaban J connectivity index is 1.90. The number of amidine groups is 1. The lowest BCUT2D eigenvalue weighted by molar-refractivity contribution is -0.110. The number of anilines is 2. The molecule has 3 rings (SSSR count). The number of benzene rings is 2. The number of sulfonamides is 1. The largest absolute Gasteiger partial charge is 0.334 e. The van der Waals surface area contributed by atoms with Gasteiger partial charge in [0.1, 0.15) is 4.90 Å². The van der Waals surface area contributed by atoms with Crippen LogP contribution in [0.25, 0.3) is 0 Å². The molecule has 0 atom stereocenters. The molecule has 1 aliphatic heterocycles. The quantitative estimate of drug-likeness (QED) is 0.889. The summed E-state index contributed by atoms with van der Waals surface area (Å²) in [6.07, 6.45) is 0. The molecule has 6 nitrogen and oxygen atoms in total. The highest BCUT2D eigenvalue weighted by molar-refractivity contribution is 7.90. The van der Waals surface area contributed by atoms with Gasteiger partial charge in [0.05, 0.1) is 5.69 Å². The van der Waals surface area contributed by atoms with E-state index in [9.17, 15) is 13.2 Å². The SMILES string of the molecule is Cc1cccc(NC(=O)C2=NS(=O)(=O)c3ccccc3N2)c1. The van der Waals surface area contributed by atoms with Crippen LogP contribution in [0.3, 0.4) is 0 Å². The van der Waals surface area contributed by atoms with Crippen molar-refractivity contribution in [2.75, 3.05) is 10.6 Å². The Morgan fingerprint density at radius 3 is 2.68 bits per heavy atom. The van der Waals surface area contributed by atoms with Crippen LogP contribution in [-0.4, -0.2) is 20.2 Å². The van der Waals surface area contributed by atoms with Crippen LogP contribution >= 0.6 is 0 Å². The molecule has 0 aromatic heterocycles. The van der Waals surface area contributed by atoms with Crippen LogP contribution in [0.5, 0.6) is 0 Å². The average molecular weight is 315 g/mol. The molecule has 0 saturated carbocycles. The molecule has 2 aromatic carbocycles. The van der Waals surface area contributed by atoms with E-state index in [-0.39, 0.29) is 10.7 Å². The molecule has 2 N–H and O–H groups in total. The van der Waals surface area contributed by atoms with Gasteiger partial charge in [0.2, 0.25) is 5.84 Å². The number of aryl methyl sites for hydroxylation is 1. The van der Waals surface area contributed by atoms with Crippen LogP contribution < -0.4 is 10.6 Å². The third kappa shape index (κ3) is 2.71. The van der Waals surface area contributed by atoms with Gasteiger partial charge in [-0.3, -0.25) is 4.79 Å². The summed E-state index contributed by atoms with van der Waals surface area (Å²) < 4.78 is 27.7. The maximum Gasteiger partial charge on any atom is 0.292 e. The number of amides is 1. The molecule has 0 bridgehead atoms. The van der Waals surface area contributed by atoms with E-state index >= 15 is 0 Å². The highest BCUT2D eigenvalue weighted by Gasteiger charge is 2.27. The standard InChI is InChI=1S/C15H13N3O3S/c1-10-5-4-6-11(9-10)16-15(19)14-17-12-7-2-3-8-13(12)22(20,21)18-14/h2-9H,1H3,(H,16,19)(H,17,18). The Morgan fingerprint density at radius 2 is 1.91 bits per heavy atom. The van der Waals surface area contributed by atoms with Gasteiger partial charge < -0.3 is 10.6 Å². The first-order chi connectivity index (χ1) is 10.5. The molecule has 1 amide bonds. The van der Waals surface area contributed by atoms with Crippen molar-refractivity contribution in [2.24, 2.45) is 4.40 Å². The first kappa shape index (κ1) is 14.3. The molecule has 0 aliphatic carbocycles. The maximum absolute atomic E-state index is 12.2. The number of nitrogens with one attached hydrogen (secondary N) is 2. The monoisotopic (exact) mass is 315 g/mol. The Hall–Kier alpha value is -2.67. The topological polar surface area (TPSA) is 87.6 Å². The minimum Gasteiger partial charge on any atom is -0.334 e. The fraction of sp³-hybridized carbons (Fsp3) is 0.0667. The molecular weight excluding hydrogens is 302 g/mol. The Kier molecular flexibility index (Phi) is 3.42. The van der Waals surface area contributed by atoms with Gasteiger partial charge in [-0.05, 0) is 36.8 Å². The van der Waals surface area contributed by atoms with Crippen molar-refractivity contribution in [3.05, 3.63) is 54.1 Å². The number of rotatable bonds is 2. The third-order valence-corrected chi connectivity index (χ3v) is 4.46. The summed E-state index contributed by atoms with van der Waals surface area (Å²) in [6.45, 7) is 1.90. The van der Waals surface area contributed by atoms with Gasteiger partial charge in [-0.1, -0.05) is 24.3 Å². The highest BCUT2D eigenvalue weighted by Crippen LogP contribution is 2.26. The predicted octanol–water partition coefficient (Wildman–Crippen LogP) is 2.15. The van der Waals surface area contributed by atoms with Gasteiger partial charge in [0, 0.05) is 5.69 Å². The van der Waals surface area contributed by atoms with Gasteiger partial charge >= 0.3 is 0 Å². The minimum absolute atomic E-state index is 0.0575. The molecule has 2 aromatic rings. The molecule has 7 heteroatoms. The van der Waals surface area contributed by atoms with Crippen LogP contribution in [0.2, 0.25) is 0 Å². The zero-order chi connectivity index (χ0) is 15.7. The van der Waals surface area contributed by atoms with Crippen molar-refractivity contribution in [2.45, 2.75) is 11.8 Å². The van der Waals surface area contributed by atoms with E-state index in [1.807, 2.05) is 13.0 Å². The number of fused-ring (bicyclic) bond motifs is 1. The average Bonchev–Trinajstić information content (AvgIpc) is 2.46. The van der Waals surface area contributed by atoms with Crippen molar-refractivity contribution in [1.29, 1.82) is 0 Å². The van der Waals surface area contributed by atoms with Gasteiger partial charge in [-0.25, -0.2) is 0 Å². The molecule has 0 radical (unpaired) electrons. The van der Waals surface area contributed by atoms with Gasteiger partial charge in [-0.15, -0.1) is 4.40 Å². The summed E-state index contributed by atoms with van der Waals surface area (Å²) in [7, 11) is -3.87. The van der Waals surface area contributed by atoms with Crippen molar-refractivity contribution >= 4 is 33.1 Å². The molecule has 112 valence electrons. The number of carbonyl (C=O) groups excluding carboxylic acids is 1. The lowest BCUT2D eigenvalue weighted by Crippen LogP contribution is -2.33. The second-order valence-electron chi connectivity index (χ2n) is 4.86. The second-order valence-corrected chi connectivity index (χ2v) is 6.43. The predicted molar refractivity (Wildman–Crippen MR) is 84.5 cm³/mol. The minimum atomic E-state index is -3.87. The molecule has 1 aliphatic rings. The van der Waals surface area contributed by atoms with E-state index in [0.717, 1.165) is 5.56 Å². The number of para-hydroxylation sites is 1. The fourth-order valence-electron chi connectivity index (χ4n) is 2.13. The summed E-state index contributed by atoms with van der Waals surface area (Å²) >= 11 is 0. The molecular formula is C15H13N3O3S.